The fraction of sp³-hybridized carbons (Fsp3) is 0.773. The fourth-order valence-electron chi connectivity index (χ4n) is 3.98. The molecule has 1 spiro atoms. The maximum Gasteiger partial charge on any atom is 0.417 e. The second kappa shape index (κ2) is 6.97. The van der Waals surface area contributed by atoms with Crippen molar-refractivity contribution in [1.29, 1.82) is 0 Å². The summed E-state index contributed by atoms with van der Waals surface area (Å²) in [4.78, 5) is 41.4. The van der Waals surface area contributed by atoms with Crippen LogP contribution in [0, 0.1) is 0 Å². The van der Waals surface area contributed by atoms with Gasteiger partial charge in [-0.25, -0.2) is 14.5 Å². The molecule has 1 aliphatic carbocycles. The second-order valence-corrected chi connectivity index (χ2v) is 10.9. The van der Waals surface area contributed by atoms with E-state index in [1.54, 1.807) is 61.5 Å². The molecule has 168 valence electrons. The highest BCUT2D eigenvalue weighted by molar-refractivity contribution is 6.06. The van der Waals surface area contributed by atoms with Gasteiger partial charge in [-0.05, 0) is 68.2 Å². The van der Waals surface area contributed by atoms with Crippen LogP contribution in [0.2, 0.25) is 0 Å². The van der Waals surface area contributed by atoms with E-state index in [1.807, 2.05) is 0 Å². The standard InChI is InChI=1S/C22H34N2O6/c1-19(2,3)29-17(26)23-15(13-28-21(23,7)8)11-14-12-22(9-10-22)24(16(14)25)18(27)30-20(4,5)6/h11,15H,9-10,12-13H2,1-8H3/b14-11+/t15-/m0/s1. The van der Waals surface area contributed by atoms with E-state index >= 15 is 0 Å². The van der Waals surface area contributed by atoms with Crippen molar-refractivity contribution < 1.29 is 28.6 Å². The summed E-state index contributed by atoms with van der Waals surface area (Å²) >= 11 is 0. The number of amides is 3. The highest BCUT2D eigenvalue weighted by Crippen LogP contribution is 2.52. The molecule has 2 saturated heterocycles. The first-order chi connectivity index (χ1) is 13.5. The van der Waals surface area contributed by atoms with Crippen LogP contribution in [0.5, 0.6) is 0 Å². The molecule has 0 aromatic carbocycles. The summed E-state index contributed by atoms with van der Waals surface area (Å²) in [6, 6.07) is -0.455. The number of ether oxygens (including phenoxy) is 3. The maximum absolute atomic E-state index is 13.1. The Morgan fingerprint density at radius 3 is 2.07 bits per heavy atom. The van der Waals surface area contributed by atoms with Crippen molar-refractivity contribution in [2.24, 2.45) is 0 Å². The summed E-state index contributed by atoms with van der Waals surface area (Å²) in [5.41, 5.74) is -2.18. The van der Waals surface area contributed by atoms with Crippen molar-refractivity contribution in [1.82, 2.24) is 9.80 Å². The minimum atomic E-state index is -0.867. The molecule has 1 saturated carbocycles. The molecule has 8 heteroatoms. The van der Waals surface area contributed by atoms with Crippen LogP contribution in [0.4, 0.5) is 9.59 Å². The van der Waals surface area contributed by atoms with Gasteiger partial charge in [0.25, 0.3) is 5.91 Å². The molecule has 0 aromatic rings. The number of hydrogen-bond donors (Lipinski definition) is 0. The number of carbonyl (C=O) groups excluding carboxylic acids is 3. The largest absolute Gasteiger partial charge is 0.444 e. The Kier molecular flexibility index (Phi) is 5.25. The third kappa shape index (κ3) is 4.48. The van der Waals surface area contributed by atoms with E-state index in [-0.39, 0.29) is 12.5 Å². The quantitative estimate of drug-likeness (QED) is 0.594. The van der Waals surface area contributed by atoms with Crippen LogP contribution in [-0.4, -0.2) is 63.0 Å². The van der Waals surface area contributed by atoms with Gasteiger partial charge in [-0.1, -0.05) is 6.08 Å². The zero-order valence-corrected chi connectivity index (χ0v) is 19.3. The van der Waals surface area contributed by atoms with Crippen molar-refractivity contribution in [3.05, 3.63) is 11.6 Å². The Morgan fingerprint density at radius 1 is 1.03 bits per heavy atom. The summed E-state index contributed by atoms with van der Waals surface area (Å²) in [6.45, 7) is 14.6. The van der Waals surface area contributed by atoms with Crippen molar-refractivity contribution in [3.8, 4) is 0 Å². The van der Waals surface area contributed by atoms with E-state index in [0.29, 0.717) is 12.0 Å². The Morgan fingerprint density at radius 2 is 1.57 bits per heavy atom. The number of imide groups is 1. The lowest BCUT2D eigenvalue weighted by Gasteiger charge is -2.34. The first kappa shape index (κ1) is 22.6. The summed E-state index contributed by atoms with van der Waals surface area (Å²) in [5, 5.41) is 0. The van der Waals surface area contributed by atoms with Gasteiger partial charge in [0.05, 0.1) is 18.2 Å². The summed E-state index contributed by atoms with van der Waals surface area (Å²) in [6.07, 6.45) is 2.63. The average Bonchev–Trinajstić information content (AvgIpc) is 3.12. The van der Waals surface area contributed by atoms with Gasteiger partial charge in [-0.2, -0.15) is 0 Å². The predicted molar refractivity (Wildman–Crippen MR) is 110 cm³/mol. The van der Waals surface area contributed by atoms with Crippen LogP contribution < -0.4 is 0 Å². The molecule has 0 aromatic heterocycles. The molecule has 3 amide bonds. The lowest BCUT2D eigenvalue weighted by molar-refractivity contribution is -0.126. The lowest BCUT2D eigenvalue weighted by Crippen LogP contribution is -2.49. The Hall–Kier alpha value is -2.09. The first-order valence-corrected chi connectivity index (χ1v) is 10.5. The van der Waals surface area contributed by atoms with E-state index < -0.39 is 40.7 Å². The van der Waals surface area contributed by atoms with Crippen molar-refractivity contribution in [2.75, 3.05) is 6.61 Å². The minimum absolute atomic E-state index is 0.252. The van der Waals surface area contributed by atoms with E-state index in [1.165, 1.54) is 9.80 Å². The molecule has 3 fully saturated rings. The van der Waals surface area contributed by atoms with Gasteiger partial charge in [0.1, 0.15) is 16.9 Å². The summed E-state index contributed by atoms with van der Waals surface area (Å²) in [5.74, 6) is -0.351. The third-order valence-electron chi connectivity index (χ3n) is 5.38. The van der Waals surface area contributed by atoms with E-state index in [4.69, 9.17) is 14.2 Å². The van der Waals surface area contributed by atoms with E-state index in [0.717, 1.165) is 12.8 Å². The molecule has 0 unspecified atom stereocenters. The summed E-state index contributed by atoms with van der Waals surface area (Å²) in [7, 11) is 0. The fourth-order valence-corrected chi connectivity index (χ4v) is 3.98. The van der Waals surface area contributed by atoms with Gasteiger partial charge < -0.3 is 14.2 Å². The van der Waals surface area contributed by atoms with Crippen molar-refractivity contribution in [3.63, 3.8) is 0 Å². The molecular weight excluding hydrogens is 388 g/mol. The molecule has 0 bridgehead atoms. The SMILES string of the molecule is CC(C)(C)OC(=O)N1C(=O)/C(=C/[C@H]2COC(C)(C)N2C(=O)OC(C)(C)C)CC12CC2. The Labute approximate surface area is 178 Å². The highest BCUT2D eigenvalue weighted by atomic mass is 16.6. The number of rotatable bonds is 1. The van der Waals surface area contributed by atoms with Crippen LogP contribution in [-0.2, 0) is 19.0 Å². The molecule has 0 N–H and O–H groups in total. The van der Waals surface area contributed by atoms with E-state index in [9.17, 15) is 14.4 Å². The van der Waals surface area contributed by atoms with Crippen LogP contribution in [0.1, 0.15) is 74.7 Å². The zero-order chi connectivity index (χ0) is 22.7. The lowest BCUT2D eigenvalue weighted by atomic mass is 10.1. The normalized spacial score (nSPS) is 26.5. The molecule has 1 atom stereocenters. The number of nitrogens with zero attached hydrogens (tertiary/aromatic N) is 2. The molecule has 2 heterocycles. The number of likely N-dealkylation sites (tertiary alicyclic amines) is 1. The van der Waals surface area contributed by atoms with Gasteiger partial charge in [0.2, 0.25) is 0 Å². The topological polar surface area (TPSA) is 85.4 Å². The van der Waals surface area contributed by atoms with Gasteiger partial charge in [0, 0.05) is 12.0 Å². The summed E-state index contributed by atoms with van der Waals surface area (Å²) < 4.78 is 16.8. The second-order valence-electron chi connectivity index (χ2n) is 10.9. The van der Waals surface area contributed by atoms with Gasteiger partial charge in [-0.15, -0.1) is 0 Å². The number of hydrogen-bond acceptors (Lipinski definition) is 6. The maximum atomic E-state index is 13.1. The molecule has 3 aliphatic rings. The molecule has 2 aliphatic heterocycles. The Bertz CT molecular complexity index is 782. The molecule has 3 rings (SSSR count). The van der Waals surface area contributed by atoms with Crippen LogP contribution in [0.25, 0.3) is 0 Å². The van der Waals surface area contributed by atoms with Crippen LogP contribution >= 0.6 is 0 Å². The zero-order valence-electron chi connectivity index (χ0n) is 19.3. The van der Waals surface area contributed by atoms with Gasteiger partial charge in [0.15, 0.2) is 0 Å². The molecular formula is C22H34N2O6. The number of carbonyl (C=O) groups is 3. The van der Waals surface area contributed by atoms with Crippen molar-refractivity contribution in [2.45, 2.75) is 103 Å². The third-order valence-corrected chi connectivity index (χ3v) is 5.38. The van der Waals surface area contributed by atoms with Gasteiger partial charge in [-0.3, -0.25) is 9.69 Å². The molecule has 8 nitrogen and oxygen atoms in total. The highest BCUT2D eigenvalue weighted by Gasteiger charge is 2.60. The van der Waals surface area contributed by atoms with Crippen LogP contribution in [0.3, 0.4) is 0 Å². The first-order valence-electron chi connectivity index (χ1n) is 10.5. The van der Waals surface area contributed by atoms with Gasteiger partial charge >= 0.3 is 12.2 Å². The Balaban J connectivity index is 1.84. The minimum Gasteiger partial charge on any atom is -0.444 e. The van der Waals surface area contributed by atoms with Crippen molar-refractivity contribution >= 4 is 18.1 Å². The smallest absolute Gasteiger partial charge is 0.417 e. The van der Waals surface area contributed by atoms with E-state index in [2.05, 4.69) is 0 Å². The average molecular weight is 423 g/mol. The predicted octanol–water partition coefficient (Wildman–Crippen LogP) is 3.98. The molecule has 0 radical (unpaired) electrons. The molecule has 30 heavy (non-hydrogen) atoms. The van der Waals surface area contributed by atoms with Crippen LogP contribution in [0.15, 0.2) is 11.6 Å². The monoisotopic (exact) mass is 422 g/mol.